The van der Waals surface area contributed by atoms with Gasteiger partial charge in [0.05, 0.1) is 27.2 Å². The molecule has 2 aromatic carbocycles. The number of hydrogen-bond donors (Lipinski definition) is 2. The quantitative estimate of drug-likeness (QED) is 0.599. The molecule has 0 aromatic heterocycles. The van der Waals surface area contributed by atoms with Crippen molar-refractivity contribution in [3.05, 3.63) is 56.5 Å². The van der Waals surface area contributed by atoms with Crippen molar-refractivity contribution in [1.29, 1.82) is 0 Å². The number of carbonyl (C=O) groups is 1. The summed E-state index contributed by atoms with van der Waals surface area (Å²) in [4.78, 5) is 10.8. The minimum atomic E-state index is -0.951. The summed E-state index contributed by atoms with van der Waals surface area (Å²) in [5, 5.41) is 13.5. The number of aliphatic carboxylic acids is 1. The molecule has 26 heavy (non-hydrogen) atoms. The van der Waals surface area contributed by atoms with Gasteiger partial charge in [-0.3, -0.25) is 4.79 Å². The van der Waals surface area contributed by atoms with Crippen LogP contribution in [0.4, 0.5) is 5.69 Å². The maximum atomic E-state index is 10.8. The molecule has 1 saturated carbocycles. The topological polar surface area (TPSA) is 58.6 Å². The van der Waals surface area contributed by atoms with Crippen LogP contribution in [0.1, 0.15) is 30.4 Å². The largest absolute Gasteiger partial charge is 0.486 e. The van der Waals surface area contributed by atoms with Crippen LogP contribution in [0.2, 0.25) is 15.1 Å². The monoisotopic (exact) mass is 413 g/mol. The van der Waals surface area contributed by atoms with Gasteiger partial charge in [0, 0.05) is 11.6 Å². The Bertz CT molecular complexity index is 799. The van der Waals surface area contributed by atoms with Crippen molar-refractivity contribution >= 4 is 46.5 Å². The number of carboxylic acid groups (broad SMARTS) is 1. The molecular formula is C19H18Cl3NO3. The lowest BCUT2D eigenvalue weighted by molar-refractivity contribution is -0.136. The lowest BCUT2D eigenvalue weighted by Crippen LogP contribution is -2.27. The van der Waals surface area contributed by atoms with Gasteiger partial charge in [-0.1, -0.05) is 46.9 Å². The van der Waals surface area contributed by atoms with E-state index in [1.807, 2.05) is 18.2 Å². The molecule has 0 aliphatic heterocycles. The third-order valence-electron chi connectivity index (χ3n) is 4.33. The van der Waals surface area contributed by atoms with Crippen molar-refractivity contribution in [1.82, 2.24) is 0 Å². The number of hydrogen-bond acceptors (Lipinski definition) is 3. The molecule has 0 bridgehead atoms. The molecule has 1 fully saturated rings. The maximum Gasteiger partial charge on any atom is 0.307 e. The van der Waals surface area contributed by atoms with E-state index in [1.54, 1.807) is 12.1 Å². The summed E-state index contributed by atoms with van der Waals surface area (Å²) >= 11 is 18.9. The second-order valence-corrected chi connectivity index (χ2v) is 7.49. The van der Waals surface area contributed by atoms with Gasteiger partial charge in [0.2, 0.25) is 0 Å². The normalized spacial score (nSPS) is 14.0. The first-order valence-electron chi connectivity index (χ1n) is 8.30. The van der Waals surface area contributed by atoms with E-state index in [0.29, 0.717) is 22.4 Å². The average Bonchev–Trinajstić information content (AvgIpc) is 2.52. The summed E-state index contributed by atoms with van der Waals surface area (Å²) in [6.07, 6.45) is 3.41. The first-order chi connectivity index (χ1) is 12.4. The Balaban J connectivity index is 1.72. The molecule has 0 unspecified atom stereocenters. The van der Waals surface area contributed by atoms with Crippen LogP contribution >= 0.6 is 34.8 Å². The van der Waals surface area contributed by atoms with E-state index in [1.165, 1.54) is 6.42 Å². The number of ether oxygens (including phenoxy) is 1. The number of halogens is 3. The summed E-state index contributed by atoms with van der Waals surface area (Å²) in [7, 11) is 0. The summed E-state index contributed by atoms with van der Waals surface area (Å²) in [5.41, 5.74) is 2.23. The van der Waals surface area contributed by atoms with E-state index in [0.717, 1.165) is 24.1 Å². The Hall–Kier alpha value is -1.62. The second kappa shape index (κ2) is 8.38. The van der Waals surface area contributed by atoms with Gasteiger partial charge < -0.3 is 15.2 Å². The molecule has 0 saturated heterocycles. The third kappa shape index (κ3) is 4.56. The second-order valence-electron chi connectivity index (χ2n) is 6.30. The van der Waals surface area contributed by atoms with Crippen LogP contribution in [0.25, 0.3) is 0 Å². The molecule has 1 aliphatic rings. The van der Waals surface area contributed by atoms with Gasteiger partial charge in [0.25, 0.3) is 0 Å². The van der Waals surface area contributed by atoms with Crippen LogP contribution in [-0.2, 0) is 17.8 Å². The molecule has 138 valence electrons. The van der Waals surface area contributed by atoms with Gasteiger partial charge >= 0.3 is 5.97 Å². The summed E-state index contributed by atoms with van der Waals surface area (Å²) < 4.78 is 5.77. The van der Waals surface area contributed by atoms with Crippen molar-refractivity contribution in [2.75, 3.05) is 5.32 Å². The smallest absolute Gasteiger partial charge is 0.307 e. The minimum absolute atomic E-state index is 0.152. The lowest BCUT2D eigenvalue weighted by atomic mass is 9.93. The van der Waals surface area contributed by atoms with Crippen LogP contribution in [0.5, 0.6) is 5.75 Å². The van der Waals surface area contributed by atoms with Crippen molar-refractivity contribution in [2.45, 2.75) is 38.3 Å². The Morgan fingerprint density at radius 3 is 2.46 bits per heavy atom. The zero-order valence-corrected chi connectivity index (χ0v) is 16.2. The zero-order valence-electron chi connectivity index (χ0n) is 13.9. The number of benzene rings is 2. The molecule has 0 heterocycles. The van der Waals surface area contributed by atoms with Crippen LogP contribution in [-0.4, -0.2) is 17.1 Å². The Labute approximate surface area is 167 Å². The number of nitrogens with one attached hydrogen (secondary N) is 1. The molecule has 4 nitrogen and oxygen atoms in total. The molecule has 2 aromatic rings. The van der Waals surface area contributed by atoms with Crippen molar-refractivity contribution in [2.24, 2.45) is 0 Å². The first kappa shape index (κ1) is 19.2. The number of anilines is 1. The molecule has 0 spiro atoms. The van der Waals surface area contributed by atoms with E-state index in [9.17, 15) is 4.79 Å². The highest BCUT2D eigenvalue weighted by Crippen LogP contribution is 2.36. The summed E-state index contributed by atoms with van der Waals surface area (Å²) in [6.45, 7) is 0.205. The molecular weight excluding hydrogens is 397 g/mol. The van der Waals surface area contributed by atoms with Gasteiger partial charge in [0.15, 0.2) is 5.75 Å². The van der Waals surface area contributed by atoms with Gasteiger partial charge in [-0.2, -0.15) is 0 Å². The van der Waals surface area contributed by atoms with Gasteiger partial charge in [-0.05, 0) is 43.0 Å². The predicted octanol–water partition coefficient (Wildman–Crippen LogP) is 5.82. The molecule has 0 atom stereocenters. The first-order valence-corrected chi connectivity index (χ1v) is 9.44. The van der Waals surface area contributed by atoms with E-state index >= 15 is 0 Å². The molecule has 7 heteroatoms. The van der Waals surface area contributed by atoms with Crippen LogP contribution < -0.4 is 10.1 Å². The third-order valence-corrected chi connectivity index (χ3v) is 5.34. The Morgan fingerprint density at radius 1 is 1.19 bits per heavy atom. The van der Waals surface area contributed by atoms with Crippen molar-refractivity contribution in [3.8, 4) is 5.75 Å². The standard InChI is InChI=1S/C19H18Cl3NO3/c20-14-7-11(9-17(24)25)8-15(21)19(14)26-10-12-3-1-6-16(18(12)22)23-13-4-2-5-13/h1,3,6-8,13,23H,2,4-5,9-10H2,(H,24,25). The van der Waals surface area contributed by atoms with E-state index in [2.05, 4.69) is 5.32 Å². The summed E-state index contributed by atoms with van der Waals surface area (Å²) in [5.74, 6) is -0.635. The van der Waals surface area contributed by atoms with Crippen molar-refractivity contribution < 1.29 is 14.6 Å². The average molecular weight is 415 g/mol. The van der Waals surface area contributed by atoms with E-state index < -0.39 is 5.97 Å². The molecule has 0 radical (unpaired) electrons. The highest BCUT2D eigenvalue weighted by Gasteiger charge is 2.19. The summed E-state index contributed by atoms with van der Waals surface area (Å²) in [6, 6.07) is 9.33. The molecule has 2 N–H and O–H groups in total. The minimum Gasteiger partial charge on any atom is -0.486 e. The Morgan fingerprint density at radius 2 is 1.88 bits per heavy atom. The van der Waals surface area contributed by atoms with E-state index in [-0.39, 0.29) is 23.1 Å². The highest BCUT2D eigenvalue weighted by atomic mass is 35.5. The lowest BCUT2D eigenvalue weighted by Gasteiger charge is -2.28. The molecule has 1 aliphatic carbocycles. The fraction of sp³-hybridized carbons (Fsp3) is 0.316. The van der Waals surface area contributed by atoms with Crippen LogP contribution in [0.15, 0.2) is 30.3 Å². The van der Waals surface area contributed by atoms with Crippen molar-refractivity contribution in [3.63, 3.8) is 0 Å². The zero-order chi connectivity index (χ0) is 18.7. The van der Waals surface area contributed by atoms with Gasteiger partial charge in [-0.15, -0.1) is 0 Å². The van der Waals surface area contributed by atoms with Gasteiger partial charge in [-0.25, -0.2) is 0 Å². The van der Waals surface area contributed by atoms with Crippen LogP contribution in [0, 0.1) is 0 Å². The fourth-order valence-electron chi connectivity index (χ4n) is 2.75. The predicted molar refractivity (Wildman–Crippen MR) is 105 cm³/mol. The maximum absolute atomic E-state index is 10.8. The number of rotatable bonds is 7. The SMILES string of the molecule is O=C(O)Cc1cc(Cl)c(OCc2cccc(NC3CCC3)c2Cl)c(Cl)c1. The molecule has 0 amide bonds. The van der Waals surface area contributed by atoms with E-state index in [4.69, 9.17) is 44.6 Å². The number of carboxylic acids is 1. The molecule has 3 rings (SSSR count). The Kier molecular flexibility index (Phi) is 6.17. The van der Waals surface area contributed by atoms with Gasteiger partial charge in [0.1, 0.15) is 6.61 Å². The van der Waals surface area contributed by atoms with Crippen LogP contribution in [0.3, 0.4) is 0 Å². The highest BCUT2D eigenvalue weighted by molar-refractivity contribution is 6.37. The fourth-order valence-corrected chi connectivity index (χ4v) is 3.63.